The zero-order chi connectivity index (χ0) is 56.1. The number of aliphatic hydroxyl groups excluding tert-OH is 1. The Morgan fingerprint density at radius 3 is 2.00 bits per heavy atom. The van der Waals surface area contributed by atoms with Gasteiger partial charge in [0.15, 0.2) is 5.78 Å². The maximum atomic E-state index is 14.6. The standard InChI is InChI=1S/C60H66Cl4N10O6/c61-49-16-14-41(28-51(49)63)26-45-34-74(35-46(58(45)78)27-42-15-17-50(62)52(64)29-42)60(80)54(30-40-8-2-1-3-9-40)69-56(76)12-6-13-57(77)73-24-22-70(23-25-73)19-7-20-71-36-47(37-71)68-55-31-53(66-39-67-55)59(79)65-32-48(75)38-72-21-18-43-10-4-5-11-44(43)33-72/h1-5,8-11,14-17,26-29,31,39,47-48,54,75H,6-7,12-13,18-25,30,32-38H2,(H,65,79)(H,69,76)(H,66,67,68)/b45-26+,46-27+/t48-,54?/m1/s1. The summed E-state index contributed by atoms with van der Waals surface area (Å²) in [5.74, 6) is -0.734. The number of β-amino-alcohol motifs (C(OH)–C–C–N with tert-alkyl or cyclic N) is 1. The average Bonchev–Trinajstić information content (AvgIpc) is 3.46. The number of piperidine rings is 1. The predicted octanol–water partition coefficient (Wildman–Crippen LogP) is 7.35. The molecule has 5 heterocycles. The summed E-state index contributed by atoms with van der Waals surface area (Å²) in [5.41, 5.74) is 5.67. The highest BCUT2D eigenvalue weighted by Crippen LogP contribution is 2.29. The molecule has 2 atom stereocenters. The van der Waals surface area contributed by atoms with Crippen molar-refractivity contribution in [1.29, 1.82) is 0 Å². The summed E-state index contributed by atoms with van der Waals surface area (Å²) < 4.78 is 0. The van der Waals surface area contributed by atoms with Gasteiger partial charge in [-0.2, -0.15) is 0 Å². The van der Waals surface area contributed by atoms with E-state index in [0.717, 1.165) is 70.8 Å². The number of halogens is 4. The van der Waals surface area contributed by atoms with Crippen molar-refractivity contribution in [2.75, 3.05) is 90.4 Å². The van der Waals surface area contributed by atoms with Gasteiger partial charge in [-0.1, -0.05) is 113 Å². The van der Waals surface area contributed by atoms with Crippen LogP contribution in [-0.2, 0) is 38.6 Å². The summed E-state index contributed by atoms with van der Waals surface area (Å²) in [6.07, 6.45) is 6.78. The maximum absolute atomic E-state index is 14.6. The van der Waals surface area contributed by atoms with E-state index in [0.29, 0.717) is 74.2 Å². The number of carbonyl (C=O) groups is 5. The minimum Gasteiger partial charge on any atom is -0.390 e. The summed E-state index contributed by atoms with van der Waals surface area (Å²) >= 11 is 25.0. The lowest BCUT2D eigenvalue weighted by Gasteiger charge is -2.40. The number of nitrogens with one attached hydrogen (secondary N) is 3. The molecule has 80 heavy (non-hydrogen) atoms. The van der Waals surface area contributed by atoms with Crippen LogP contribution < -0.4 is 16.0 Å². The predicted molar refractivity (Wildman–Crippen MR) is 314 cm³/mol. The largest absolute Gasteiger partial charge is 0.390 e. The molecule has 4 N–H and O–H groups in total. The fourth-order valence-electron chi connectivity index (χ4n) is 10.6. The number of piperazine rings is 1. The monoisotopic (exact) mass is 1160 g/mol. The van der Waals surface area contributed by atoms with Crippen molar-refractivity contribution in [3.8, 4) is 0 Å². The van der Waals surface area contributed by atoms with Gasteiger partial charge in [-0.05, 0) is 96.6 Å². The van der Waals surface area contributed by atoms with Crippen molar-refractivity contribution in [3.63, 3.8) is 0 Å². The van der Waals surface area contributed by atoms with E-state index in [2.05, 4.69) is 58.8 Å². The van der Waals surface area contributed by atoms with Crippen LogP contribution >= 0.6 is 46.4 Å². The number of Topliss-reactive ketones (excluding diaryl/α,β-unsaturated/α-hetero) is 1. The highest BCUT2D eigenvalue weighted by Gasteiger charge is 2.34. The van der Waals surface area contributed by atoms with Crippen LogP contribution in [0.5, 0.6) is 0 Å². The van der Waals surface area contributed by atoms with E-state index < -0.39 is 12.1 Å². The van der Waals surface area contributed by atoms with Gasteiger partial charge in [0.1, 0.15) is 23.9 Å². The third kappa shape index (κ3) is 16.3. The van der Waals surface area contributed by atoms with E-state index in [1.165, 1.54) is 17.5 Å². The van der Waals surface area contributed by atoms with Crippen LogP contribution in [-0.4, -0.2) is 172 Å². The Kier molecular flexibility index (Phi) is 20.4. The molecule has 0 bridgehead atoms. The molecule has 3 fully saturated rings. The normalized spacial score (nSPS) is 18.1. The third-order valence-electron chi connectivity index (χ3n) is 15.0. The molecule has 3 saturated heterocycles. The van der Waals surface area contributed by atoms with Crippen molar-refractivity contribution in [2.24, 2.45) is 0 Å². The number of aromatic nitrogens is 2. The molecule has 0 radical (unpaired) electrons. The van der Waals surface area contributed by atoms with E-state index in [1.807, 2.05) is 41.3 Å². The van der Waals surface area contributed by atoms with Gasteiger partial charge in [-0.3, -0.25) is 38.7 Å². The van der Waals surface area contributed by atoms with E-state index in [-0.39, 0.29) is 80.0 Å². The first kappa shape index (κ1) is 58.4. The number of hydrogen-bond donors (Lipinski definition) is 4. The van der Waals surface area contributed by atoms with Gasteiger partial charge in [-0.25, -0.2) is 9.97 Å². The van der Waals surface area contributed by atoms with Crippen molar-refractivity contribution in [2.45, 2.75) is 63.3 Å². The molecule has 1 aromatic heterocycles. The van der Waals surface area contributed by atoms with Crippen LogP contribution in [0, 0.1) is 0 Å². The molecule has 0 aliphatic carbocycles. The Bertz CT molecular complexity index is 3020. The molecule has 0 spiro atoms. The lowest BCUT2D eigenvalue weighted by atomic mass is 9.93. The van der Waals surface area contributed by atoms with E-state index in [1.54, 1.807) is 59.5 Å². The quantitative estimate of drug-likeness (QED) is 0.0537. The first-order valence-electron chi connectivity index (χ1n) is 27.2. The van der Waals surface area contributed by atoms with Gasteiger partial charge in [0.05, 0.1) is 32.2 Å². The SMILES string of the molecule is O=C(CCCC(=O)N1CCN(CCCN2CC(Nc3cc(C(=O)NC[C@@H](O)CN4CCc5ccccc5C4)ncn3)C2)CC1)NC(Cc1ccccc1)C(=O)N1C/C(=C\c2ccc(Cl)c(Cl)c2)C(=O)/C(=C/c2ccc(Cl)c(Cl)c2)C1. The zero-order valence-electron chi connectivity index (χ0n) is 44.5. The Labute approximate surface area is 487 Å². The number of ketones is 1. The van der Waals surface area contributed by atoms with Gasteiger partial charge in [0, 0.05) is 115 Å². The second-order valence-corrected chi connectivity index (χ2v) is 22.6. The Balaban J connectivity index is 0.687. The topological polar surface area (TPSA) is 184 Å². The van der Waals surface area contributed by atoms with Crippen molar-refractivity contribution < 1.29 is 29.1 Å². The van der Waals surface area contributed by atoms with Crippen LogP contribution in [0.15, 0.2) is 115 Å². The van der Waals surface area contributed by atoms with Crippen LogP contribution in [0.4, 0.5) is 5.82 Å². The number of anilines is 1. The molecule has 9 rings (SSSR count). The first-order valence-corrected chi connectivity index (χ1v) is 28.8. The van der Waals surface area contributed by atoms with Crippen LogP contribution in [0.3, 0.4) is 0 Å². The van der Waals surface area contributed by atoms with Crippen molar-refractivity contribution >= 4 is 93.8 Å². The molecule has 4 aliphatic heterocycles. The van der Waals surface area contributed by atoms with Gasteiger partial charge in [0.2, 0.25) is 17.7 Å². The minimum absolute atomic E-state index is 0.000414. The van der Waals surface area contributed by atoms with Gasteiger partial charge in [0.25, 0.3) is 5.91 Å². The summed E-state index contributed by atoms with van der Waals surface area (Å²) in [6.45, 7) is 8.56. The Morgan fingerprint density at radius 1 is 0.675 bits per heavy atom. The molecule has 0 saturated carbocycles. The van der Waals surface area contributed by atoms with Gasteiger partial charge >= 0.3 is 0 Å². The Morgan fingerprint density at radius 2 is 1.32 bits per heavy atom. The second-order valence-electron chi connectivity index (χ2n) is 21.0. The molecule has 5 aromatic rings. The number of rotatable bonds is 21. The summed E-state index contributed by atoms with van der Waals surface area (Å²) in [5, 5.41) is 21.3. The number of benzene rings is 4. The summed E-state index contributed by atoms with van der Waals surface area (Å²) in [7, 11) is 0. The molecule has 4 amide bonds. The number of aliphatic hydroxyl groups is 1. The molecule has 420 valence electrons. The number of hydrogen-bond acceptors (Lipinski definition) is 12. The maximum Gasteiger partial charge on any atom is 0.270 e. The molecule has 1 unspecified atom stereocenters. The Hall–Kier alpha value is -6.21. The summed E-state index contributed by atoms with van der Waals surface area (Å²) in [6, 6.07) is 28.7. The van der Waals surface area contributed by atoms with Crippen LogP contribution in [0.2, 0.25) is 20.1 Å². The van der Waals surface area contributed by atoms with E-state index in [9.17, 15) is 29.1 Å². The highest BCUT2D eigenvalue weighted by atomic mass is 35.5. The minimum atomic E-state index is -0.958. The fraction of sp³-hybridized carbons (Fsp3) is 0.383. The third-order valence-corrected chi connectivity index (χ3v) is 16.4. The van der Waals surface area contributed by atoms with Crippen molar-refractivity contribution in [3.05, 3.63) is 168 Å². The molecule has 20 heteroatoms. The average molecular weight is 1170 g/mol. The molecular weight excluding hydrogens is 1100 g/mol. The molecule has 4 aromatic carbocycles. The van der Waals surface area contributed by atoms with E-state index >= 15 is 0 Å². The fourth-order valence-corrected chi connectivity index (χ4v) is 11.2. The zero-order valence-corrected chi connectivity index (χ0v) is 47.5. The number of likely N-dealkylation sites (tertiary alicyclic amines) is 2. The highest BCUT2D eigenvalue weighted by molar-refractivity contribution is 6.42. The number of nitrogens with zero attached hydrogens (tertiary/aromatic N) is 7. The summed E-state index contributed by atoms with van der Waals surface area (Å²) in [4.78, 5) is 87.6. The smallest absolute Gasteiger partial charge is 0.270 e. The van der Waals surface area contributed by atoms with E-state index in [4.69, 9.17) is 46.4 Å². The molecular formula is C60H66Cl4N10O6. The number of amides is 4. The van der Waals surface area contributed by atoms with Gasteiger partial charge in [-0.15, -0.1) is 0 Å². The number of carbonyl (C=O) groups excluding carboxylic acids is 5. The van der Waals surface area contributed by atoms with Gasteiger partial charge < -0.3 is 30.9 Å². The molecule has 4 aliphatic rings. The van der Waals surface area contributed by atoms with Crippen molar-refractivity contribution in [1.82, 2.24) is 45.1 Å². The van der Waals surface area contributed by atoms with Crippen LogP contribution in [0.25, 0.3) is 12.2 Å². The first-order chi connectivity index (χ1) is 38.7. The second kappa shape index (κ2) is 28.0. The lowest BCUT2D eigenvalue weighted by Crippen LogP contribution is -2.55. The lowest BCUT2D eigenvalue weighted by molar-refractivity contribution is -0.137. The number of fused-ring (bicyclic) bond motifs is 1. The molecule has 16 nitrogen and oxygen atoms in total. The van der Waals surface area contributed by atoms with Crippen LogP contribution in [0.1, 0.15) is 64.0 Å².